The van der Waals surface area contributed by atoms with E-state index in [0.717, 1.165) is 19.3 Å². The van der Waals surface area contributed by atoms with E-state index >= 15 is 0 Å². The van der Waals surface area contributed by atoms with Gasteiger partial charge in [-0.05, 0) is 20.3 Å². The molecule has 5 nitrogen and oxygen atoms in total. The van der Waals surface area contributed by atoms with Crippen molar-refractivity contribution < 1.29 is 24.1 Å². The quantitative estimate of drug-likeness (QED) is 0.435. The number of ether oxygens (including phenoxy) is 3. The topological polar surface area (TPSA) is 65.0 Å². The highest BCUT2D eigenvalue weighted by Crippen LogP contribution is 2.24. The van der Waals surface area contributed by atoms with Gasteiger partial charge in [-0.2, -0.15) is 0 Å². The normalized spacial score (nSPS) is 11.6. The number of carbonyl (C=O) groups is 1. The molecule has 0 aliphatic heterocycles. The van der Waals surface area contributed by atoms with E-state index in [2.05, 4.69) is 6.92 Å². The van der Waals surface area contributed by atoms with Crippen LogP contribution in [0.3, 0.4) is 0 Å². The number of carbonyl (C=O) groups excluding carboxylic acids is 1. The number of aliphatic hydroxyl groups is 1. The zero-order valence-electron chi connectivity index (χ0n) is 12.4. The van der Waals surface area contributed by atoms with Crippen molar-refractivity contribution in [3.8, 4) is 0 Å². The molecule has 0 rings (SSSR count). The lowest BCUT2D eigenvalue weighted by Gasteiger charge is -2.22. The van der Waals surface area contributed by atoms with Crippen molar-refractivity contribution >= 4 is 5.97 Å². The van der Waals surface area contributed by atoms with Crippen molar-refractivity contribution in [3.63, 3.8) is 0 Å². The van der Waals surface area contributed by atoms with Gasteiger partial charge in [-0.3, -0.25) is 4.79 Å². The van der Waals surface area contributed by atoms with Crippen LogP contribution in [-0.4, -0.2) is 50.7 Å². The molecule has 1 N–H and O–H groups in total. The van der Waals surface area contributed by atoms with Crippen LogP contribution in [0.15, 0.2) is 0 Å². The van der Waals surface area contributed by atoms with Crippen LogP contribution in [0, 0.1) is 5.41 Å². The summed E-state index contributed by atoms with van der Waals surface area (Å²) in [6, 6.07) is 0. The monoisotopic (exact) mass is 276 g/mol. The third kappa shape index (κ3) is 9.87. The average Bonchev–Trinajstić information content (AvgIpc) is 2.39. The predicted molar refractivity (Wildman–Crippen MR) is 73.0 cm³/mol. The lowest BCUT2D eigenvalue weighted by Crippen LogP contribution is -2.28. The van der Waals surface area contributed by atoms with Crippen molar-refractivity contribution in [2.75, 3.05) is 39.6 Å². The summed E-state index contributed by atoms with van der Waals surface area (Å²) < 4.78 is 15.5. The lowest BCUT2D eigenvalue weighted by atomic mass is 9.87. The van der Waals surface area contributed by atoms with Crippen LogP contribution in [0.2, 0.25) is 0 Å². The largest absolute Gasteiger partial charge is 0.463 e. The average molecular weight is 276 g/mol. The van der Waals surface area contributed by atoms with Gasteiger partial charge in [0.1, 0.15) is 6.61 Å². The van der Waals surface area contributed by atoms with Gasteiger partial charge in [0.15, 0.2) is 0 Å². The summed E-state index contributed by atoms with van der Waals surface area (Å²) in [5.74, 6) is -0.166. The van der Waals surface area contributed by atoms with E-state index < -0.39 is 5.41 Å². The summed E-state index contributed by atoms with van der Waals surface area (Å²) in [4.78, 5) is 11.8. The summed E-state index contributed by atoms with van der Waals surface area (Å²) in [6.45, 7) is 7.80. The fraction of sp³-hybridized carbons (Fsp3) is 0.929. The minimum Gasteiger partial charge on any atom is -0.463 e. The minimum absolute atomic E-state index is 0.0183. The number of esters is 1. The molecule has 0 unspecified atom stereocenters. The molecule has 19 heavy (non-hydrogen) atoms. The summed E-state index contributed by atoms with van der Waals surface area (Å²) in [5, 5.41) is 8.48. The highest BCUT2D eigenvalue weighted by atomic mass is 16.6. The van der Waals surface area contributed by atoms with Crippen molar-refractivity contribution in [2.24, 2.45) is 5.41 Å². The number of aliphatic hydroxyl groups excluding tert-OH is 1. The maximum Gasteiger partial charge on any atom is 0.311 e. The molecule has 0 saturated carbocycles. The fourth-order valence-corrected chi connectivity index (χ4v) is 1.50. The molecule has 0 heterocycles. The Labute approximate surface area is 116 Å². The van der Waals surface area contributed by atoms with Crippen LogP contribution in [-0.2, 0) is 19.0 Å². The highest BCUT2D eigenvalue weighted by Gasteiger charge is 2.28. The Morgan fingerprint density at radius 3 is 2.21 bits per heavy atom. The molecule has 0 aromatic rings. The van der Waals surface area contributed by atoms with E-state index in [1.807, 2.05) is 13.8 Å². The van der Waals surface area contributed by atoms with Crippen LogP contribution >= 0.6 is 0 Å². The Kier molecular flexibility index (Phi) is 10.8. The molecule has 0 amide bonds. The lowest BCUT2D eigenvalue weighted by molar-refractivity contribution is -0.156. The molecule has 0 aliphatic carbocycles. The molecule has 0 atom stereocenters. The summed E-state index contributed by atoms with van der Waals surface area (Å²) in [6.07, 6.45) is 2.95. The van der Waals surface area contributed by atoms with Gasteiger partial charge < -0.3 is 19.3 Å². The second-order valence-corrected chi connectivity index (χ2v) is 5.07. The van der Waals surface area contributed by atoms with E-state index in [0.29, 0.717) is 26.4 Å². The first-order valence-corrected chi connectivity index (χ1v) is 6.98. The zero-order chi connectivity index (χ0) is 14.6. The molecule has 0 aromatic heterocycles. The van der Waals surface area contributed by atoms with Crippen LogP contribution in [0.25, 0.3) is 0 Å². The van der Waals surface area contributed by atoms with Crippen LogP contribution < -0.4 is 0 Å². The molecule has 0 saturated heterocycles. The van der Waals surface area contributed by atoms with E-state index in [1.165, 1.54) is 0 Å². The van der Waals surface area contributed by atoms with Gasteiger partial charge >= 0.3 is 5.97 Å². The van der Waals surface area contributed by atoms with Gasteiger partial charge in [-0.15, -0.1) is 0 Å². The van der Waals surface area contributed by atoms with E-state index in [-0.39, 0.29) is 19.2 Å². The molecule has 0 aromatic carbocycles. The molecular formula is C14H28O5. The third-order valence-corrected chi connectivity index (χ3v) is 2.78. The maximum absolute atomic E-state index is 11.8. The minimum atomic E-state index is -0.416. The number of hydrogen-bond donors (Lipinski definition) is 1. The van der Waals surface area contributed by atoms with Gasteiger partial charge in [0.2, 0.25) is 0 Å². The van der Waals surface area contributed by atoms with Crippen LogP contribution in [0.4, 0.5) is 0 Å². The Balaban J connectivity index is 3.52. The smallest absolute Gasteiger partial charge is 0.311 e. The van der Waals surface area contributed by atoms with Gasteiger partial charge in [0.25, 0.3) is 0 Å². The van der Waals surface area contributed by atoms with Crippen LogP contribution in [0.1, 0.15) is 40.0 Å². The number of hydrogen-bond acceptors (Lipinski definition) is 5. The standard InChI is InChI=1S/C14H28O5/c1-4-5-6-14(2,3)13(16)19-12-11-18-10-9-17-8-7-15/h15H,4-12H2,1-3H3. The summed E-state index contributed by atoms with van der Waals surface area (Å²) >= 11 is 0. The Hall–Kier alpha value is -0.650. The molecule has 0 fully saturated rings. The SMILES string of the molecule is CCCCC(C)(C)C(=O)OCCOCCOCCO. The van der Waals surface area contributed by atoms with Gasteiger partial charge in [-0.25, -0.2) is 0 Å². The van der Waals surface area contributed by atoms with E-state index in [1.54, 1.807) is 0 Å². The first kappa shape index (κ1) is 18.4. The molecule has 114 valence electrons. The first-order chi connectivity index (χ1) is 9.04. The molecule has 0 bridgehead atoms. The second-order valence-electron chi connectivity index (χ2n) is 5.07. The van der Waals surface area contributed by atoms with Crippen molar-refractivity contribution in [3.05, 3.63) is 0 Å². The van der Waals surface area contributed by atoms with Gasteiger partial charge in [0, 0.05) is 0 Å². The second kappa shape index (κ2) is 11.2. The number of unbranched alkanes of at least 4 members (excludes halogenated alkanes) is 1. The van der Waals surface area contributed by atoms with Crippen molar-refractivity contribution in [2.45, 2.75) is 40.0 Å². The van der Waals surface area contributed by atoms with Crippen LogP contribution in [0.5, 0.6) is 0 Å². The maximum atomic E-state index is 11.8. The Morgan fingerprint density at radius 1 is 1.05 bits per heavy atom. The zero-order valence-corrected chi connectivity index (χ0v) is 12.4. The highest BCUT2D eigenvalue weighted by molar-refractivity contribution is 5.75. The Bertz CT molecular complexity index is 228. The van der Waals surface area contributed by atoms with Crippen molar-refractivity contribution in [1.29, 1.82) is 0 Å². The molecule has 0 aliphatic rings. The predicted octanol–water partition coefficient (Wildman–Crippen LogP) is 1.77. The van der Waals surface area contributed by atoms with E-state index in [9.17, 15) is 4.79 Å². The van der Waals surface area contributed by atoms with Gasteiger partial charge in [-0.1, -0.05) is 19.8 Å². The molecule has 0 spiro atoms. The molecule has 5 heteroatoms. The first-order valence-electron chi connectivity index (χ1n) is 6.98. The summed E-state index contributed by atoms with van der Waals surface area (Å²) in [7, 11) is 0. The Morgan fingerprint density at radius 2 is 1.63 bits per heavy atom. The summed E-state index contributed by atoms with van der Waals surface area (Å²) in [5.41, 5.74) is -0.416. The van der Waals surface area contributed by atoms with E-state index in [4.69, 9.17) is 19.3 Å². The number of rotatable bonds is 12. The fourth-order valence-electron chi connectivity index (χ4n) is 1.50. The molecule has 0 radical (unpaired) electrons. The molecular weight excluding hydrogens is 248 g/mol. The van der Waals surface area contributed by atoms with Gasteiger partial charge in [0.05, 0.1) is 38.4 Å². The van der Waals surface area contributed by atoms with Crippen molar-refractivity contribution in [1.82, 2.24) is 0 Å². The third-order valence-electron chi connectivity index (χ3n) is 2.78.